The second-order valence-electron chi connectivity index (χ2n) is 13.3. The zero-order valence-electron chi connectivity index (χ0n) is 28.6. The van der Waals surface area contributed by atoms with Gasteiger partial charge in [0, 0.05) is 54.8 Å². The highest BCUT2D eigenvalue weighted by molar-refractivity contribution is 7.25. The Morgan fingerprint density at radius 3 is 1.87 bits per heavy atom. The minimum absolute atomic E-state index is 0.683. The van der Waals surface area contributed by atoms with E-state index in [2.05, 4.69) is 157 Å². The van der Waals surface area contributed by atoms with E-state index in [1.807, 2.05) is 41.8 Å². The molecule has 3 aromatic heterocycles. The first-order valence-corrected chi connectivity index (χ1v) is 18.6. The van der Waals surface area contributed by atoms with Crippen LogP contribution in [0.5, 0.6) is 0 Å². The maximum Gasteiger partial charge on any atom is 0.160 e. The normalized spacial score (nSPS) is 11.4. The van der Waals surface area contributed by atoms with Gasteiger partial charge in [-0.2, -0.15) is 0 Å². The van der Waals surface area contributed by atoms with E-state index in [1.165, 1.54) is 36.5 Å². The van der Waals surface area contributed by atoms with Crippen molar-refractivity contribution in [2.45, 2.75) is 0 Å². The van der Waals surface area contributed by atoms with Crippen molar-refractivity contribution in [3.63, 3.8) is 0 Å². The van der Waals surface area contributed by atoms with Gasteiger partial charge in [-0.25, -0.2) is 9.97 Å². The fourth-order valence-electron chi connectivity index (χ4n) is 7.31. The van der Waals surface area contributed by atoms with Crippen molar-refractivity contribution in [3.8, 4) is 67.3 Å². The zero-order chi connectivity index (χ0) is 35.1. The maximum atomic E-state index is 5.28. The smallest absolute Gasteiger partial charge is 0.160 e. The molecule has 3 heterocycles. The maximum absolute atomic E-state index is 5.28. The fourth-order valence-corrected chi connectivity index (χ4v) is 8.40. The summed E-state index contributed by atoms with van der Waals surface area (Å²) in [6, 6.07) is 62.6. The molecular weight excluding hydrogens is 663 g/mol. The highest BCUT2D eigenvalue weighted by atomic mass is 32.1. The van der Waals surface area contributed by atoms with Gasteiger partial charge in [-0.15, -0.1) is 11.3 Å². The van der Waals surface area contributed by atoms with Gasteiger partial charge in [0.15, 0.2) is 5.82 Å². The number of thiophene rings is 1. The van der Waals surface area contributed by atoms with Crippen molar-refractivity contribution < 1.29 is 0 Å². The lowest BCUT2D eigenvalue weighted by atomic mass is 9.92. The van der Waals surface area contributed by atoms with Crippen LogP contribution in [0, 0.1) is 0 Å². The minimum Gasteiger partial charge on any atom is -0.264 e. The number of fused-ring (bicyclic) bond motifs is 4. The van der Waals surface area contributed by atoms with E-state index < -0.39 is 0 Å². The molecule has 248 valence electrons. The predicted molar refractivity (Wildman–Crippen MR) is 223 cm³/mol. The molecule has 0 bridgehead atoms. The summed E-state index contributed by atoms with van der Waals surface area (Å²) in [6.45, 7) is 0. The van der Waals surface area contributed by atoms with E-state index in [-0.39, 0.29) is 0 Å². The predicted octanol–water partition coefficient (Wildman–Crippen LogP) is 13.4. The molecule has 0 saturated heterocycles. The first-order chi connectivity index (χ1) is 26.2. The van der Waals surface area contributed by atoms with Crippen molar-refractivity contribution in [1.29, 1.82) is 0 Å². The van der Waals surface area contributed by atoms with Crippen LogP contribution in [-0.2, 0) is 0 Å². The van der Waals surface area contributed by atoms with Crippen LogP contribution in [0.2, 0.25) is 0 Å². The van der Waals surface area contributed by atoms with Gasteiger partial charge >= 0.3 is 0 Å². The van der Waals surface area contributed by atoms with Gasteiger partial charge in [-0.05, 0) is 93.2 Å². The Labute approximate surface area is 311 Å². The van der Waals surface area contributed by atoms with Crippen molar-refractivity contribution >= 4 is 42.3 Å². The summed E-state index contributed by atoms with van der Waals surface area (Å²) >= 11 is 1.84. The summed E-state index contributed by atoms with van der Waals surface area (Å²) in [7, 11) is 0. The second-order valence-corrected chi connectivity index (χ2v) is 14.4. The van der Waals surface area contributed by atoms with Gasteiger partial charge in [-0.1, -0.05) is 121 Å². The first-order valence-electron chi connectivity index (χ1n) is 17.7. The van der Waals surface area contributed by atoms with E-state index in [0.717, 1.165) is 55.9 Å². The summed E-state index contributed by atoms with van der Waals surface area (Å²) in [4.78, 5) is 14.9. The molecule has 0 atom stereocenters. The molecule has 0 aliphatic heterocycles. The third-order valence-corrected chi connectivity index (χ3v) is 11.1. The van der Waals surface area contributed by atoms with Crippen molar-refractivity contribution in [3.05, 3.63) is 188 Å². The molecule has 0 aliphatic rings. The molecule has 0 fully saturated rings. The standard InChI is InChI=1S/C49H31N3S/c1-2-12-33(13-3-1)49-51-45(30-46(52-49)42-17-7-6-16-41(42)37-15-10-24-50-31-37)40-27-38(35-21-20-32-11-4-5-14-34(32)25-35)26-39(28-40)36-22-23-48-44(29-36)43-18-8-9-19-47(43)53-48/h1-31H. The molecule has 0 spiro atoms. The third kappa shape index (κ3) is 5.85. The number of pyridine rings is 1. The Balaban J connectivity index is 1.21. The van der Waals surface area contributed by atoms with Crippen LogP contribution in [0.25, 0.3) is 98.2 Å². The van der Waals surface area contributed by atoms with Crippen LogP contribution in [0.15, 0.2) is 188 Å². The van der Waals surface area contributed by atoms with Crippen molar-refractivity contribution in [2.24, 2.45) is 0 Å². The Kier molecular flexibility index (Phi) is 7.67. The Morgan fingerprint density at radius 2 is 1.02 bits per heavy atom. The Hall–Kier alpha value is -6.75. The Morgan fingerprint density at radius 1 is 0.358 bits per heavy atom. The SMILES string of the molecule is c1ccc(-c2nc(-c3cc(-c4ccc5ccccc5c4)cc(-c4ccc5sc6ccccc6c5c4)c3)cc(-c3ccccc3-c3cccnc3)n2)cc1. The van der Waals surface area contributed by atoms with Gasteiger partial charge < -0.3 is 0 Å². The van der Waals surface area contributed by atoms with Crippen LogP contribution in [-0.4, -0.2) is 15.0 Å². The molecule has 53 heavy (non-hydrogen) atoms. The van der Waals surface area contributed by atoms with E-state index in [0.29, 0.717) is 5.82 Å². The minimum atomic E-state index is 0.683. The second kappa shape index (κ2) is 13.1. The van der Waals surface area contributed by atoms with Crippen LogP contribution >= 0.6 is 11.3 Å². The monoisotopic (exact) mass is 693 g/mol. The molecule has 10 aromatic rings. The van der Waals surface area contributed by atoms with E-state index in [4.69, 9.17) is 9.97 Å². The number of aromatic nitrogens is 3. The molecule has 4 heteroatoms. The molecule has 0 saturated carbocycles. The molecule has 0 N–H and O–H groups in total. The zero-order valence-corrected chi connectivity index (χ0v) is 29.5. The summed E-state index contributed by atoms with van der Waals surface area (Å²) in [5, 5.41) is 5.01. The molecule has 10 rings (SSSR count). The Bertz CT molecular complexity index is 2950. The van der Waals surface area contributed by atoms with Crippen LogP contribution in [0.3, 0.4) is 0 Å². The molecule has 3 nitrogen and oxygen atoms in total. The lowest BCUT2D eigenvalue weighted by Crippen LogP contribution is -1.97. The van der Waals surface area contributed by atoms with Gasteiger partial charge in [0.25, 0.3) is 0 Å². The topological polar surface area (TPSA) is 38.7 Å². The van der Waals surface area contributed by atoms with Gasteiger partial charge in [0.1, 0.15) is 0 Å². The third-order valence-electron chi connectivity index (χ3n) is 9.96. The molecular formula is C49H31N3S. The van der Waals surface area contributed by atoms with E-state index >= 15 is 0 Å². The average molecular weight is 694 g/mol. The number of hydrogen-bond donors (Lipinski definition) is 0. The number of rotatable bonds is 6. The number of benzene rings is 7. The summed E-state index contributed by atoms with van der Waals surface area (Å²) in [5.41, 5.74) is 11.5. The van der Waals surface area contributed by atoms with Crippen LogP contribution in [0.1, 0.15) is 0 Å². The largest absolute Gasteiger partial charge is 0.264 e. The van der Waals surface area contributed by atoms with Crippen molar-refractivity contribution in [2.75, 3.05) is 0 Å². The first kappa shape index (κ1) is 31.0. The van der Waals surface area contributed by atoms with E-state index in [1.54, 1.807) is 6.20 Å². The van der Waals surface area contributed by atoms with Crippen molar-refractivity contribution in [1.82, 2.24) is 15.0 Å². The summed E-state index contributed by atoms with van der Waals surface area (Å²) < 4.78 is 2.60. The van der Waals surface area contributed by atoms with Gasteiger partial charge in [0.2, 0.25) is 0 Å². The van der Waals surface area contributed by atoms with Crippen LogP contribution in [0.4, 0.5) is 0 Å². The van der Waals surface area contributed by atoms with Crippen LogP contribution < -0.4 is 0 Å². The van der Waals surface area contributed by atoms with E-state index in [9.17, 15) is 0 Å². The molecule has 0 amide bonds. The lowest BCUT2D eigenvalue weighted by molar-refractivity contribution is 1.18. The quantitative estimate of drug-likeness (QED) is 0.174. The summed E-state index contributed by atoms with van der Waals surface area (Å²) in [5.74, 6) is 0.683. The molecule has 7 aromatic carbocycles. The highest BCUT2D eigenvalue weighted by Gasteiger charge is 2.17. The molecule has 0 radical (unpaired) electrons. The average Bonchev–Trinajstić information content (AvgIpc) is 3.62. The van der Waals surface area contributed by atoms with Gasteiger partial charge in [-0.3, -0.25) is 4.98 Å². The number of hydrogen-bond acceptors (Lipinski definition) is 4. The van der Waals surface area contributed by atoms with Gasteiger partial charge in [0.05, 0.1) is 11.4 Å². The number of nitrogens with zero attached hydrogens (tertiary/aromatic N) is 3. The lowest BCUT2D eigenvalue weighted by Gasteiger charge is -2.15. The fraction of sp³-hybridized carbons (Fsp3) is 0. The molecule has 0 aliphatic carbocycles. The molecule has 0 unspecified atom stereocenters. The highest BCUT2D eigenvalue weighted by Crippen LogP contribution is 2.40. The summed E-state index contributed by atoms with van der Waals surface area (Å²) in [6.07, 6.45) is 3.72.